The summed E-state index contributed by atoms with van der Waals surface area (Å²) in [6, 6.07) is 45.5. The van der Waals surface area contributed by atoms with Crippen molar-refractivity contribution < 1.29 is 25.8 Å². The first-order valence-corrected chi connectivity index (χ1v) is 25.4. The van der Waals surface area contributed by atoms with E-state index in [9.17, 15) is 0 Å². The summed E-state index contributed by atoms with van der Waals surface area (Å²) in [4.78, 5) is 9.88. The number of pyridine rings is 1. The molecular formula is C65H79N4OPt-3. The van der Waals surface area contributed by atoms with Gasteiger partial charge in [0.2, 0.25) is 0 Å². The van der Waals surface area contributed by atoms with Crippen molar-refractivity contribution in [3.8, 4) is 17.3 Å². The molecule has 0 aliphatic carbocycles. The van der Waals surface area contributed by atoms with Gasteiger partial charge in [-0.3, -0.25) is 0 Å². The summed E-state index contributed by atoms with van der Waals surface area (Å²) >= 11 is 0. The van der Waals surface area contributed by atoms with Crippen LogP contribution in [0.1, 0.15) is 172 Å². The molecule has 0 radical (unpaired) electrons. The average molecular weight is 1130 g/mol. The summed E-state index contributed by atoms with van der Waals surface area (Å²) in [6.07, 6.45) is 1.94. The molecule has 0 amide bonds. The van der Waals surface area contributed by atoms with Crippen LogP contribution in [0.15, 0.2) is 121 Å². The molecule has 0 bridgehead atoms. The molecule has 1 aliphatic rings. The van der Waals surface area contributed by atoms with Crippen LogP contribution in [0.2, 0.25) is 0 Å². The molecule has 0 atom stereocenters. The van der Waals surface area contributed by atoms with Gasteiger partial charge in [0.05, 0.1) is 0 Å². The minimum absolute atomic E-state index is 0. The van der Waals surface area contributed by atoms with E-state index in [0.717, 1.165) is 33.5 Å². The van der Waals surface area contributed by atoms with Crippen molar-refractivity contribution in [2.75, 3.05) is 9.80 Å². The predicted octanol–water partition coefficient (Wildman–Crippen LogP) is 17.8. The molecule has 0 spiro atoms. The second-order valence-electron chi connectivity index (χ2n) is 26.6. The van der Waals surface area contributed by atoms with Crippen LogP contribution in [-0.2, 0) is 48.1 Å². The maximum atomic E-state index is 7.28. The van der Waals surface area contributed by atoms with E-state index in [4.69, 9.17) is 9.72 Å². The predicted molar refractivity (Wildman–Crippen MR) is 298 cm³/mol. The topological polar surface area (TPSA) is 33.5 Å². The van der Waals surface area contributed by atoms with E-state index in [1.165, 1.54) is 50.3 Å². The van der Waals surface area contributed by atoms with E-state index in [-0.39, 0.29) is 59.0 Å². The zero-order chi connectivity index (χ0) is 51.3. The van der Waals surface area contributed by atoms with Gasteiger partial charge < -0.3 is 19.1 Å². The van der Waals surface area contributed by atoms with Crippen LogP contribution in [0.4, 0.5) is 11.4 Å². The first-order chi connectivity index (χ1) is 32.2. The molecule has 0 saturated carbocycles. The van der Waals surface area contributed by atoms with Gasteiger partial charge in [0.15, 0.2) is 0 Å². The van der Waals surface area contributed by atoms with Crippen LogP contribution in [0.25, 0.3) is 27.6 Å². The zero-order valence-electron chi connectivity index (χ0n) is 46.5. The van der Waals surface area contributed by atoms with Crippen LogP contribution in [-0.4, -0.2) is 9.55 Å². The maximum absolute atomic E-state index is 7.28. The van der Waals surface area contributed by atoms with Crippen LogP contribution >= 0.6 is 0 Å². The van der Waals surface area contributed by atoms with Crippen LogP contribution in [0.3, 0.4) is 0 Å². The number of anilines is 2. The summed E-state index contributed by atoms with van der Waals surface area (Å²) in [5.41, 5.74) is 12.8. The quantitative estimate of drug-likeness (QED) is 0.149. The van der Waals surface area contributed by atoms with Gasteiger partial charge in [-0.05, 0) is 85.0 Å². The molecule has 3 heterocycles. The Morgan fingerprint density at radius 3 is 1.59 bits per heavy atom. The number of para-hydroxylation sites is 1. The van der Waals surface area contributed by atoms with Crippen molar-refractivity contribution >= 4 is 33.2 Å². The van der Waals surface area contributed by atoms with Crippen molar-refractivity contribution in [3.63, 3.8) is 0 Å². The molecule has 0 unspecified atom stereocenters. The minimum atomic E-state index is -0.385. The molecule has 5 aromatic carbocycles. The molecule has 6 heteroatoms. The standard InChI is InChI=1S/C65H79N4O.Pt/c1-59(2,3)43-30-31-66-55(37-43)69-53-29-25-24-28-51(53)56-52(62(10,11)12)39-50(40-54(56)69)70-49-36-46(65(19,20)42-26-22-21-23-27-42)35-48(38-49)68-41-67(57(63(13,14)15)58(68)64(16,17)18)47-33-44(60(4,5)6)32-45(34-47)61(7,8)9;/h21-37,39,41H,1-20H3;/q-3;. The minimum Gasteiger partial charge on any atom is -0.509 e. The van der Waals surface area contributed by atoms with Crippen molar-refractivity contribution in [1.29, 1.82) is 0 Å². The van der Waals surface area contributed by atoms with E-state index in [2.05, 4.69) is 275 Å². The third-order valence-electron chi connectivity index (χ3n) is 14.1. The van der Waals surface area contributed by atoms with Crippen LogP contribution < -0.4 is 14.5 Å². The van der Waals surface area contributed by atoms with Crippen molar-refractivity contribution in [1.82, 2.24) is 9.55 Å². The molecule has 5 nitrogen and oxygen atoms in total. The van der Waals surface area contributed by atoms with E-state index < -0.39 is 0 Å². The van der Waals surface area contributed by atoms with Gasteiger partial charge >= 0.3 is 0 Å². The van der Waals surface area contributed by atoms with Gasteiger partial charge in [-0.15, -0.1) is 53.8 Å². The second-order valence-corrected chi connectivity index (χ2v) is 26.6. The monoisotopic (exact) mass is 1130 g/mol. The Morgan fingerprint density at radius 1 is 0.479 bits per heavy atom. The average Bonchev–Trinajstić information content (AvgIpc) is 3.83. The van der Waals surface area contributed by atoms with Gasteiger partial charge in [0.1, 0.15) is 5.82 Å². The summed E-state index contributed by atoms with van der Waals surface area (Å²) in [7, 11) is 0. The summed E-state index contributed by atoms with van der Waals surface area (Å²) < 4.78 is 9.55. The van der Waals surface area contributed by atoms with E-state index in [0.29, 0.717) is 11.5 Å². The number of nitrogens with zero attached hydrogens (tertiary/aromatic N) is 4. The van der Waals surface area contributed by atoms with Crippen LogP contribution in [0.5, 0.6) is 11.5 Å². The fourth-order valence-electron chi connectivity index (χ4n) is 9.98. The Bertz CT molecular complexity index is 3100. The number of hydrogen-bond donors (Lipinski definition) is 0. The molecule has 1 aliphatic heterocycles. The first-order valence-electron chi connectivity index (χ1n) is 25.4. The second kappa shape index (κ2) is 18.4. The Balaban J connectivity index is 0.00000741. The molecule has 2 aromatic heterocycles. The number of hydrogen-bond acceptors (Lipinski definition) is 4. The smallest absolute Gasteiger partial charge is 0.135 e. The van der Waals surface area contributed by atoms with Gasteiger partial charge in [0, 0.05) is 72.2 Å². The summed E-state index contributed by atoms with van der Waals surface area (Å²) in [6.45, 7) is 48.5. The van der Waals surface area contributed by atoms with Gasteiger partial charge in [-0.1, -0.05) is 204 Å². The van der Waals surface area contributed by atoms with E-state index in [1.54, 1.807) is 0 Å². The van der Waals surface area contributed by atoms with Gasteiger partial charge in [-0.25, -0.2) is 4.98 Å². The largest absolute Gasteiger partial charge is 0.509 e. The number of aromatic nitrogens is 2. The number of allylic oxidation sites excluding steroid dienone is 2. The maximum Gasteiger partial charge on any atom is 0.135 e. The third kappa shape index (κ3) is 10.6. The first kappa shape index (κ1) is 53.7. The molecule has 71 heavy (non-hydrogen) atoms. The Kier molecular flexibility index (Phi) is 13.9. The molecule has 0 saturated heterocycles. The van der Waals surface area contributed by atoms with Crippen molar-refractivity contribution in [2.24, 2.45) is 10.8 Å². The van der Waals surface area contributed by atoms with Crippen molar-refractivity contribution in [3.05, 3.63) is 173 Å². The fraction of sp³-hybridized carbons (Fsp3) is 0.415. The fourth-order valence-corrected chi connectivity index (χ4v) is 9.98. The summed E-state index contributed by atoms with van der Waals surface area (Å²) in [5, 5.41) is 2.33. The normalized spacial score (nSPS) is 14.5. The van der Waals surface area contributed by atoms with E-state index >= 15 is 0 Å². The number of rotatable bonds is 7. The Morgan fingerprint density at radius 2 is 1.03 bits per heavy atom. The number of ether oxygens (including phenoxy) is 1. The molecule has 8 rings (SSSR count). The Hall–Kier alpha value is -5.12. The Labute approximate surface area is 442 Å². The zero-order valence-corrected chi connectivity index (χ0v) is 48.8. The van der Waals surface area contributed by atoms with Gasteiger partial charge in [0.25, 0.3) is 0 Å². The molecular weight excluding hydrogens is 1050 g/mol. The number of fused-ring (bicyclic) bond motifs is 3. The molecule has 0 fully saturated rings. The van der Waals surface area contributed by atoms with Gasteiger partial charge in [-0.2, -0.15) is 0 Å². The summed E-state index contributed by atoms with van der Waals surface area (Å²) in [5.74, 6) is 2.12. The van der Waals surface area contributed by atoms with E-state index in [1.807, 2.05) is 6.20 Å². The number of benzene rings is 5. The SMILES string of the molecule is CC(C)(C)C1=C(C(C)(C)C)N(c2cc(C(C)(C)C)cc(C(C)(C)C)c2)[CH-]N1c1[c-]c(Oc2[c-]c3c(c(C(C)(C)C)c2)c2ccccc2n3-c2cc(C(C)(C)C)ccn2)cc(C(C)(C)c2ccccc2)c1.[Pt]. The molecule has 0 N–H and O–H groups in total. The van der Waals surface area contributed by atoms with Crippen molar-refractivity contribution in [2.45, 2.75) is 166 Å². The molecule has 378 valence electrons. The molecule has 7 aromatic rings. The van der Waals surface area contributed by atoms with Crippen LogP contribution in [0, 0.1) is 29.6 Å². The third-order valence-corrected chi connectivity index (χ3v) is 14.1.